The standard InChI is InChI=1S/C16H24BNO3/c1-15(2)16(3,4)21-17(20-15)13-5-7-14(8-6-13)18-9-11-19-12-10-18/h5-8H,9-12H2,1-4H3/i9D2,11D2,12D2. The molecule has 0 radical (unpaired) electrons. The van der Waals surface area contributed by atoms with Crippen LogP contribution in [0.1, 0.15) is 35.9 Å². The van der Waals surface area contributed by atoms with Crippen LogP contribution in [0.3, 0.4) is 0 Å². The Morgan fingerprint density at radius 3 is 2.29 bits per heavy atom. The molecule has 114 valence electrons. The number of anilines is 1. The molecule has 0 aromatic heterocycles. The molecule has 5 heteroatoms. The first-order valence-electron chi connectivity index (χ1n) is 10.0. The van der Waals surface area contributed by atoms with Crippen molar-refractivity contribution in [3.05, 3.63) is 24.3 Å². The summed E-state index contributed by atoms with van der Waals surface area (Å²) in [5, 5.41) is 0. The van der Waals surface area contributed by atoms with Crippen LogP contribution in [0.25, 0.3) is 0 Å². The summed E-state index contributed by atoms with van der Waals surface area (Å²) in [6.45, 7) is -0.290. The van der Waals surface area contributed by atoms with Crippen LogP contribution in [0.4, 0.5) is 5.69 Å². The van der Waals surface area contributed by atoms with Crippen LogP contribution in [0.5, 0.6) is 0 Å². The summed E-state index contributed by atoms with van der Waals surface area (Å²) in [5.74, 6) is 0. The highest BCUT2D eigenvalue weighted by Crippen LogP contribution is 2.36. The van der Waals surface area contributed by atoms with E-state index in [9.17, 15) is 0 Å². The Bertz CT molecular complexity index is 709. The van der Waals surface area contributed by atoms with Gasteiger partial charge in [-0.3, -0.25) is 0 Å². The maximum absolute atomic E-state index is 8.10. The van der Waals surface area contributed by atoms with E-state index in [-0.39, 0.29) is 0 Å². The van der Waals surface area contributed by atoms with E-state index in [1.807, 2.05) is 27.7 Å². The molecule has 0 unspecified atom stereocenters. The molecule has 0 spiro atoms. The molecule has 0 N–H and O–H groups in total. The fraction of sp³-hybridized carbons (Fsp3) is 0.625. The molecule has 1 aromatic rings. The summed E-state index contributed by atoms with van der Waals surface area (Å²) in [6, 6.07) is 6.65. The number of nitrogens with zero attached hydrogens (tertiary/aromatic N) is 1. The van der Waals surface area contributed by atoms with Gasteiger partial charge in [0, 0.05) is 18.7 Å². The predicted molar refractivity (Wildman–Crippen MR) is 85.2 cm³/mol. The summed E-state index contributed by atoms with van der Waals surface area (Å²) < 4.78 is 64.0. The van der Waals surface area contributed by atoms with E-state index >= 15 is 0 Å². The van der Waals surface area contributed by atoms with Crippen LogP contribution in [0, 0.1) is 0 Å². The van der Waals surface area contributed by atoms with Crippen molar-refractivity contribution >= 4 is 18.3 Å². The van der Waals surface area contributed by atoms with E-state index in [2.05, 4.69) is 4.74 Å². The molecule has 4 nitrogen and oxygen atoms in total. The predicted octanol–water partition coefficient (Wildman–Crippen LogP) is 1.82. The van der Waals surface area contributed by atoms with Gasteiger partial charge in [0.1, 0.15) is 0 Å². The third-order valence-corrected chi connectivity index (χ3v) is 4.26. The Morgan fingerprint density at radius 1 is 1.05 bits per heavy atom. The normalized spacial score (nSPS) is 35.8. The lowest BCUT2D eigenvalue weighted by Gasteiger charge is -2.32. The number of ether oxygens (including phenoxy) is 1. The Hall–Kier alpha value is -1.04. The molecule has 0 bridgehead atoms. The molecule has 1 aromatic carbocycles. The Morgan fingerprint density at radius 2 is 1.67 bits per heavy atom. The molecule has 2 fully saturated rings. The average Bonchev–Trinajstić information content (AvgIpc) is 2.71. The molecule has 2 aliphatic rings. The lowest BCUT2D eigenvalue weighted by Crippen LogP contribution is -2.41. The summed E-state index contributed by atoms with van der Waals surface area (Å²) in [5.41, 5.74) is 0.127. The van der Waals surface area contributed by atoms with E-state index in [1.54, 1.807) is 24.3 Å². The van der Waals surface area contributed by atoms with Crippen LogP contribution < -0.4 is 10.4 Å². The third-order valence-electron chi connectivity index (χ3n) is 4.26. The van der Waals surface area contributed by atoms with Gasteiger partial charge < -0.3 is 18.9 Å². The van der Waals surface area contributed by atoms with Crippen molar-refractivity contribution in [2.45, 2.75) is 38.9 Å². The van der Waals surface area contributed by atoms with Gasteiger partial charge in [0.05, 0.1) is 32.5 Å². The topological polar surface area (TPSA) is 30.9 Å². The molecule has 2 heterocycles. The van der Waals surface area contributed by atoms with Crippen LogP contribution in [0.2, 0.25) is 0 Å². The fourth-order valence-electron chi connectivity index (χ4n) is 2.20. The minimum absolute atomic E-state index is 0.344. The van der Waals surface area contributed by atoms with Crippen LogP contribution in [-0.4, -0.2) is 44.5 Å². The SMILES string of the molecule is [2H]C1([2H])CN(c2ccc(B3OC(C)(C)C(C)(C)O3)cc2)C([2H])([2H])C([2H])([2H])O1. The summed E-state index contributed by atoms with van der Waals surface area (Å²) in [6.07, 6.45) is 0. The average molecular weight is 295 g/mol. The van der Waals surface area contributed by atoms with Gasteiger partial charge in [0.2, 0.25) is 0 Å². The number of hydrogen-bond acceptors (Lipinski definition) is 4. The molecule has 0 atom stereocenters. The molecular weight excluding hydrogens is 265 g/mol. The summed E-state index contributed by atoms with van der Waals surface area (Å²) in [7, 11) is -0.566. The van der Waals surface area contributed by atoms with Crippen molar-refractivity contribution in [3.8, 4) is 0 Å². The Labute approximate surface area is 135 Å². The Kier molecular flexibility index (Phi) is 2.32. The van der Waals surface area contributed by atoms with Crippen molar-refractivity contribution < 1.29 is 22.3 Å². The fourth-order valence-corrected chi connectivity index (χ4v) is 2.20. The van der Waals surface area contributed by atoms with Gasteiger partial charge in [-0.05, 0) is 45.3 Å². The maximum Gasteiger partial charge on any atom is 0.494 e. The van der Waals surface area contributed by atoms with E-state index in [0.717, 1.165) is 10.4 Å². The molecule has 2 saturated heterocycles. The van der Waals surface area contributed by atoms with E-state index in [4.69, 9.17) is 17.5 Å². The van der Waals surface area contributed by atoms with Crippen molar-refractivity contribution in [1.82, 2.24) is 0 Å². The smallest absolute Gasteiger partial charge is 0.399 e. The zero-order chi connectivity index (χ0) is 20.5. The Balaban J connectivity index is 1.87. The summed E-state index contributed by atoms with van der Waals surface area (Å²) in [4.78, 5) is 1.05. The van der Waals surface area contributed by atoms with Crippen molar-refractivity contribution in [1.29, 1.82) is 0 Å². The first-order chi connectivity index (χ1) is 12.1. The highest BCUT2D eigenvalue weighted by molar-refractivity contribution is 6.62. The molecule has 3 rings (SSSR count). The lowest BCUT2D eigenvalue weighted by atomic mass is 9.79. The van der Waals surface area contributed by atoms with Gasteiger partial charge in [-0.2, -0.15) is 0 Å². The number of morpholine rings is 1. The van der Waals surface area contributed by atoms with Crippen molar-refractivity contribution in [3.63, 3.8) is 0 Å². The van der Waals surface area contributed by atoms with E-state index in [0.29, 0.717) is 5.69 Å². The second-order valence-electron chi connectivity index (χ2n) is 6.23. The first-order valence-corrected chi connectivity index (χ1v) is 7.01. The van der Waals surface area contributed by atoms with Gasteiger partial charge in [-0.15, -0.1) is 0 Å². The zero-order valence-electron chi connectivity index (χ0n) is 18.8. The van der Waals surface area contributed by atoms with Gasteiger partial charge in [-0.1, -0.05) is 12.1 Å². The van der Waals surface area contributed by atoms with E-state index < -0.39 is 44.5 Å². The lowest BCUT2D eigenvalue weighted by molar-refractivity contribution is 0.00578. The molecule has 21 heavy (non-hydrogen) atoms. The van der Waals surface area contributed by atoms with Gasteiger partial charge in [0.25, 0.3) is 0 Å². The largest absolute Gasteiger partial charge is 0.494 e. The van der Waals surface area contributed by atoms with Gasteiger partial charge in [-0.25, -0.2) is 0 Å². The summed E-state index contributed by atoms with van der Waals surface area (Å²) >= 11 is 0. The highest BCUT2D eigenvalue weighted by Gasteiger charge is 2.51. The van der Waals surface area contributed by atoms with Crippen LogP contribution >= 0.6 is 0 Å². The number of hydrogen-bond donors (Lipinski definition) is 0. The second-order valence-corrected chi connectivity index (χ2v) is 6.23. The number of rotatable bonds is 2. The molecular formula is C16H24BNO3. The first kappa shape index (κ1) is 9.18. The molecule has 0 aliphatic carbocycles. The zero-order valence-corrected chi connectivity index (χ0v) is 12.8. The van der Waals surface area contributed by atoms with Gasteiger partial charge in [0.15, 0.2) is 0 Å². The quantitative estimate of drug-likeness (QED) is 0.779. The minimum Gasteiger partial charge on any atom is -0.399 e. The monoisotopic (exact) mass is 295 g/mol. The minimum atomic E-state index is -2.81. The molecule has 0 saturated carbocycles. The van der Waals surface area contributed by atoms with Gasteiger partial charge >= 0.3 is 7.12 Å². The van der Waals surface area contributed by atoms with E-state index in [1.165, 1.54) is 0 Å². The van der Waals surface area contributed by atoms with Crippen LogP contribution in [-0.2, 0) is 14.0 Å². The second kappa shape index (κ2) is 5.31. The highest BCUT2D eigenvalue weighted by atomic mass is 16.7. The van der Waals surface area contributed by atoms with Crippen molar-refractivity contribution in [2.75, 3.05) is 31.1 Å². The van der Waals surface area contributed by atoms with Crippen LogP contribution in [0.15, 0.2) is 24.3 Å². The van der Waals surface area contributed by atoms with Crippen molar-refractivity contribution in [2.24, 2.45) is 0 Å². The third kappa shape index (κ3) is 2.82. The maximum atomic E-state index is 8.10. The molecule has 2 aliphatic heterocycles. The number of benzene rings is 1. The molecule has 0 amide bonds.